The summed E-state index contributed by atoms with van der Waals surface area (Å²) in [6, 6.07) is 8.33. The fourth-order valence-corrected chi connectivity index (χ4v) is 5.05. The molecule has 6 nitrogen and oxygen atoms in total. The van der Waals surface area contributed by atoms with Crippen molar-refractivity contribution in [2.45, 2.75) is 26.3 Å². The Kier molecular flexibility index (Phi) is 5.71. The van der Waals surface area contributed by atoms with Crippen LogP contribution in [0.2, 0.25) is 0 Å². The molecule has 1 atom stereocenters. The summed E-state index contributed by atoms with van der Waals surface area (Å²) >= 11 is 6.89. The van der Waals surface area contributed by atoms with Gasteiger partial charge in [-0.25, -0.2) is 4.79 Å². The van der Waals surface area contributed by atoms with E-state index in [2.05, 4.69) is 18.3 Å². The summed E-state index contributed by atoms with van der Waals surface area (Å²) in [5.41, 5.74) is 3.24. The third-order valence-electron chi connectivity index (χ3n) is 4.78. The Morgan fingerprint density at radius 3 is 2.64 bits per heavy atom. The van der Waals surface area contributed by atoms with E-state index < -0.39 is 5.97 Å². The molecule has 3 rings (SSSR count). The van der Waals surface area contributed by atoms with Crippen molar-refractivity contribution in [1.29, 1.82) is 0 Å². The van der Waals surface area contributed by atoms with E-state index in [-0.39, 0.29) is 11.9 Å². The van der Waals surface area contributed by atoms with Crippen molar-refractivity contribution in [3.8, 4) is 0 Å². The number of nitrogens with zero attached hydrogens (tertiary/aromatic N) is 2. The second-order valence-electron chi connectivity index (χ2n) is 6.93. The smallest absolute Gasteiger partial charge is 0.341 e. The average Bonchev–Trinajstić information content (AvgIpc) is 3.16. The summed E-state index contributed by atoms with van der Waals surface area (Å²) < 4.78 is 4.94. The van der Waals surface area contributed by atoms with Crippen LogP contribution in [-0.2, 0) is 11.2 Å². The number of carbonyl (C=O) groups is 2. The number of methoxy groups -OCH3 is 1. The maximum absolute atomic E-state index is 12.5. The van der Waals surface area contributed by atoms with E-state index >= 15 is 0 Å². The Morgan fingerprint density at radius 1 is 1.32 bits per heavy atom. The number of thiocarbonyl (C=S) groups is 1. The first-order chi connectivity index (χ1) is 13.3. The zero-order chi connectivity index (χ0) is 20.6. The fraction of sp³-hybridized carbons (Fsp3) is 0.350. The summed E-state index contributed by atoms with van der Waals surface area (Å²) in [6.45, 7) is 3.86. The summed E-state index contributed by atoms with van der Waals surface area (Å²) in [4.78, 5) is 28.9. The van der Waals surface area contributed by atoms with Gasteiger partial charge < -0.3 is 19.9 Å². The van der Waals surface area contributed by atoms with Gasteiger partial charge in [-0.15, -0.1) is 11.3 Å². The van der Waals surface area contributed by atoms with Crippen LogP contribution in [0.5, 0.6) is 0 Å². The maximum atomic E-state index is 12.5. The first kappa shape index (κ1) is 20.3. The summed E-state index contributed by atoms with van der Waals surface area (Å²) in [5, 5.41) is 4.22. The number of hydrogen-bond acceptors (Lipinski definition) is 5. The van der Waals surface area contributed by atoms with Gasteiger partial charge in [-0.1, -0.05) is 18.2 Å². The molecule has 0 aliphatic carbocycles. The molecule has 1 aromatic heterocycles. The van der Waals surface area contributed by atoms with Crippen molar-refractivity contribution >= 4 is 51.2 Å². The summed E-state index contributed by atoms with van der Waals surface area (Å²) in [6.07, 6.45) is 0.898. The van der Waals surface area contributed by atoms with E-state index in [9.17, 15) is 9.59 Å². The predicted octanol–water partition coefficient (Wildman–Crippen LogP) is 3.69. The number of rotatable bonds is 3. The molecule has 1 aliphatic rings. The van der Waals surface area contributed by atoms with Crippen molar-refractivity contribution in [2.24, 2.45) is 0 Å². The van der Waals surface area contributed by atoms with Gasteiger partial charge >= 0.3 is 5.97 Å². The molecule has 1 aliphatic heterocycles. The first-order valence-electron chi connectivity index (χ1n) is 8.87. The van der Waals surface area contributed by atoms with Crippen LogP contribution in [-0.4, -0.2) is 49.1 Å². The van der Waals surface area contributed by atoms with Crippen molar-refractivity contribution in [3.63, 3.8) is 0 Å². The molecule has 0 spiro atoms. The molecular weight excluding hydrogens is 394 g/mol. The highest BCUT2D eigenvalue weighted by molar-refractivity contribution is 7.80. The number of benzene rings is 1. The number of hydrogen-bond donors (Lipinski definition) is 1. The van der Waals surface area contributed by atoms with Crippen molar-refractivity contribution in [1.82, 2.24) is 4.90 Å². The highest BCUT2D eigenvalue weighted by atomic mass is 32.1. The fourth-order valence-electron chi connectivity index (χ4n) is 3.39. The number of fused-ring (bicyclic) bond motifs is 1. The van der Waals surface area contributed by atoms with Crippen LogP contribution in [0, 0.1) is 6.92 Å². The van der Waals surface area contributed by atoms with Gasteiger partial charge in [0.1, 0.15) is 5.00 Å². The van der Waals surface area contributed by atoms with Gasteiger partial charge in [0.15, 0.2) is 5.11 Å². The largest absolute Gasteiger partial charge is 0.465 e. The average molecular weight is 418 g/mol. The van der Waals surface area contributed by atoms with E-state index in [0.717, 1.165) is 12.1 Å². The summed E-state index contributed by atoms with van der Waals surface area (Å²) in [7, 11) is 4.69. The molecular formula is C20H23N3O3S2. The Bertz CT molecular complexity index is 952. The number of anilines is 2. The molecule has 8 heteroatoms. The summed E-state index contributed by atoms with van der Waals surface area (Å²) in [5.74, 6) is -0.654. The lowest BCUT2D eigenvalue weighted by molar-refractivity contribution is 0.0601. The third-order valence-corrected chi connectivity index (χ3v) is 6.28. The van der Waals surface area contributed by atoms with E-state index in [1.54, 1.807) is 21.0 Å². The number of carbonyl (C=O) groups excluding carboxylic acids is 2. The van der Waals surface area contributed by atoms with Crippen molar-refractivity contribution in [2.75, 3.05) is 31.4 Å². The zero-order valence-electron chi connectivity index (χ0n) is 16.5. The van der Waals surface area contributed by atoms with E-state index in [4.69, 9.17) is 17.0 Å². The number of nitrogens with one attached hydrogen (secondary N) is 1. The highest BCUT2D eigenvalue weighted by Crippen LogP contribution is 2.37. The van der Waals surface area contributed by atoms with Crippen LogP contribution in [0.15, 0.2) is 24.3 Å². The van der Waals surface area contributed by atoms with Gasteiger partial charge in [-0.05, 0) is 49.7 Å². The predicted molar refractivity (Wildman–Crippen MR) is 117 cm³/mol. The molecule has 1 unspecified atom stereocenters. The second-order valence-corrected chi connectivity index (χ2v) is 8.34. The minimum atomic E-state index is -0.494. The zero-order valence-corrected chi connectivity index (χ0v) is 18.2. The molecule has 0 radical (unpaired) electrons. The maximum Gasteiger partial charge on any atom is 0.341 e. The minimum Gasteiger partial charge on any atom is -0.465 e. The molecule has 2 aromatic rings. The molecule has 28 heavy (non-hydrogen) atoms. The molecule has 0 bridgehead atoms. The van der Waals surface area contributed by atoms with Crippen LogP contribution in [0.4, 0.5) is 10.7 Å². The molecule has 2 heterocycles. The normalized spacial score (nSPS) is 15.2. The SMILES string of the molecule is COC(=O)c1c(NC(=S)N2c3ccccc3CC2C)sc(C(=O)N(C)C)c1C. The number of para-hydroxylation sites is 1. The van der Waals surface area contributed by atoms with Crippen LogP contribution in [0.25, 0.3) is 0 Å². The number of thiophene rings is 1. The van der Waals surface area contributed by atoms with Gasteiger partial charge in [-0.3, -0.25) is 4.79 Å². The van der Waals surface area contributed by atoms with Crippen LogP contribution in [0.1, 0.15) is 38.1 Å². The Balaban J connectivity index is 1.98. The number of ether oxygens (including phenoxy) is 1. The van der Waals surface area contributed by atoms with Crippen LogP contribution < -0.4 is 10.2 Å². The first-order valence-corrected chi connectivity index (χ1v) is 10.1. The number of amides is 1. The van der Waals surface area contributed by atoms with Gasteiger partial charge in [0.05, 0.1) is 17.6 Å². The Morgan fingerprint density at radius 2 is 2.00 bits per heavy atom. The van der Waals surface area contributed by atoms with Crippen molar-refractivity contribution < 1.29 is 14.3 Å². The lowest BCUT2D eigenvalue weighted by Crippen LogP contribution is -2.38. The van der Waals surface area contributed by atoms with Gasteiger partial charge in [0, 0.05) is 25.8 Å². The van der Waals surface area contributed by atoms with Gasteiger partial charge in [-0.2, -0.15) is 0 Å². The molecule has 0 saturated heterocycles. The lowest BCUT2D eigenvalue weighted by atomic mass is 10.1. The molecule has 1 aromatic carbocycles. The molecule has 1 amide bonds. The van der Waals surface area contributed by atoms with Crippen LogP contribution >= 0.6 is 23.6 Å². The minimum absolute atomic E-state index is 0.161. The lowest BCUT2D eigenvalue weighted by Gasteiger charge is -2.26. The van der Waals surface area contributed by atoms with Crippen LogP contribution in [0.3, 0.4) is 0 Å². The topological polar surface area (TPSA) is 61.9 Å². The second kappa shape index (κ2) is 7.89. The number of esters is 1. The van der Waals surface area contributed by atoms with E-state index in [0.29, 0.717) is 26.1 Å². The molecule has 148 valence electrons. The molecule has 0 fully saturated rings. The van der Waals surface area contributed by atoms with Gasteiger partial charge in [0.2, 0.25) is 0 Å². The molecule has 1 N–H and O–H groups in total. The third kappa shape index (κ3) is 3.49. The standard InChI is InChI=1S/C20H23N3O3S2/c1-11-10-13-8-6-7-9-14(13)23(11)20(27)21-17-15(19(25)26-5)12(2)16(28-17)18(24)22(3)4/h6-9,11H,10H2,1-5H3,(H,21,27). The molecule has 0 saturated carbocycles. The monoisotopic (exact) mass is 417 g/mol. The van der Waals surface area contributed by atoms with E-state index in [1.165, 1.54) is 28.9 Å². The van der Waals surface area contributed by atoms with E-state index in [1.807, 2.05) is 23.1 Å². The highest BCUT2D eigenvalue weighted by Gasteiger charge is 2.31. The Labute approximate surface area is 174 Å². The Hall–Kier alpha value is -2.45. The van der Waals surface area contributed by atoms with Crippen molar-refractivity contribution in [3.05, 3.63) is 45.8 Å². The quantitative estimate of drug-likeness (QED) is 0.607. The van der Waals surface area contributed by atoms with Gasteiger partial charge in [0.25, 0.3) is 5.91 Å².